The smallest absolute Gasteiger partial charge is 0.263 e. The van der Waals surface area contributed by atoms with Crippen molar-refractivity contribution < 1.29 is 14.6 Å². The van der Waals surface area contributed by atoms with Crippen LogP contribution in [0.5, 0.6) is 5.75 Å². The number of nitrogens with one attached hydrogen (secondary N) is 2. The summed E-state index contributed by atoms with van der Waals surface area (Å²) in [6.45, 7) is 5.75. The van der Waals surface area contributed by atoms with Crippen LogP contribution >= 0.6 is 0 Å². The van der Waals surface area contributed by atoms with Gasteiger partial charge in [-0.15, -0.1) is 0 Å². The summed E-state index contributed by atoms with van der Waals surface area (Å²) >= 11 is 0. The number of benzene rings is 1. The summed E-state index contributed by atoms with van der Waals surface area (Å²) in [5, 5.41) is 24.3. The number of rotatable bonds is 10. The number of ether oxygens (including phenoxy) is 1. The Hall–Kier alpha value is -2.52. The lowest BCUT2D eigenvalue weighted by Crippen LogP contribution is -2.26. The largest absolute Gasteiger partial charge is 0.506 e. The van der Waals surface area contributed by atoms with Gasteiger partial charge in [0.05, 0.1) is 5.69 Å². The first-order chi connectivity index (χ1) is 11.6. The Morgan fingerprint density at radius 2 is 2.12 bits per heavy atom. The molecule has 3 N–H and O–H groups in total. The second-order valence-electron chi connectivity index (χ2n) is 5.41. The number of carbonyl (C=O) groups excluding carboxylic acids is 1. The van der Waals surface area contributed by atoms with Crippen LogP contribution in [0.4, 0.5) is 5.69 Å². The topological polar surface area (TPSA) is 94.4 Å². The van der Waals surface area contributed by atoms with E-state index in [0.29, 0.717) is 25.3 Å². The summed E-state index contributed by atoms with van der Waals surface area (Å²) in [6, 6.07) is 6.90. The average Bonchev–Trinajstić information content (AvgIpc) is 2.57. The lowest BCUT2D eigenvalue weighted by atomic mass is 10.2. The maximum absolute atomic E-state index is 11.9. The SMILES string of the molecule is CCCCOCCCNC(=O)/C(C#N)=C\Nc1cc(C)ccc1O. The lowest BCUT2D eigenvalue weighted by molar-refractivity contribution is -0.117. The molecule has 1 amide bonds. The highest BCUT2D eigenvalue weighted by Gasteiger charge is 2.08. The van der Waals surface area contributed by atoms with E-state index in [1.54, 1.807) is 18.2 Å². The van der Waals surface area contributed by atoms with E-state index in [9.17, 15) is 9.90 Å². The molecule has 0 unspecified atom stereocenters. The number of amides is 1. The number of unbranched alkanes of at least 4 members (excludes halogenated alkanes) is 1. The minimum Gasteiger partial charge on any atom is -0.506 e. The molecule has 6 nitrogen and oxygen atoms in total. The van der Waals surface area contributed by atoms with Crippen LogP contribution in [0.3, 0.4) is 0 Å². The molecule has 0 heterocycles. The van der Waals surface area contributed by atoms with Gasteiger partial charge in [0.15, 0.2) is 0 Å². The Kier molecular flexibility index (Phi) is 9.02. The van der Waals surface area contributed by atoms with Gasteiger partial charge in [-0.05, 0) is 37.5 Å². The van der Waals surface area contributed by atoms with Crippen molar-refractivity contribution in [2.24, 2.45) is 0 Å². The second-order valence-corrected chi connectivity index (χ2v) is 5.41. The number of phenols is 1. The zero-order valence-corrected chi connectivity index (χ0v) is 14.3. The molecule has 0 spiro atoms. The van der Waals surface area contributed by atoms with Gasteiger partial charge in [-0.2, -0.15) is 5.26 Å². The Balaban J connectivity index is 2.43. The third-order valence-corrected chi connectivity index (χ3v) is 3.28. The predicted octanol–water partition coefficient (Wildman–Crippen LogP) is 2.84. The fourth-order valence-electron chi connectivity index (χ4n) is 1.88. The quantitative estimate of drug-likeness (QED) is 0.265. The predicted molar refractivity (Wildman–Crippen MR) is 93.5 cm³/mol. The third kappa shape index (κ3) is 7.16. The number of phenolic OH excluding ortho intramolecular Hbond substituents is 1. The van der Waals surface area contributed by atoms with E-state index >= 15 is 0 Å². The average molecular weight is 331 g/mol. The molecule has 0 aliphatic heterocycles. The van der Waals surface area contributed by atoms with Crippen molar-refractivity contribution in [2.45, 2.75) is 33.1 Å². The van der Waals surface area contributed by atoms with E-state index in [1.165, 1.54) is 6.20 Å². The van der Waals surface area contributed by atoms with Crippen LogP contribution in [0.15, 0.2) is 30.0 Å². The van der Waals surface area contributed by atoms with E-state index in [4.69, 9.17) is 10.00 Å². The third-order valence-electron chi connectivity index (χ3n) is 3.28. The summed E-state index contributed by atoms with van der Waals surface area (Å²) in [5.41, 5.74) is 1.34. The minimum atomic E-state index is -0.453. The van der Waals surface area contributed by atoms with Gasteiger partial charge in [-0.3, -0.25) is 4.79 Å². The van der Waals surface area contributed by atoms with Crippen LogP contribution in [-0.4, -0.2) is 30.8 Å². The fraction of sp³-hybridized carbons (Fsp3) is 0.444. The van der Waals surface area contributed by atoms with Crippen LogP contribution < -0.4 is 10.6 Å². The van der Waals surface area contributed by atoms with Crippen LogP contribution in [-0.2, 0) is 9.53 Å². The van der Waals surface area contributed by atoms with E-state index in [2.05, 4.69) is 17.6 Å². The van der Waals surface area contributed by atoms with Crippen molar-refractivity contribution in [1.82, 2.24) is 5.32 Å². The van der Waals surface area contributed by atoms with Crippen LogP contribution in [0.25, 0.3) is 0 Å². The molecule has 0 atom stereocenters. The maximum atomic E-state index is 11.9. The van der Waals surface area contributed by atoms with Gasteiger partial charge < -0.3 is 20.5 Å². The van der Waals surface area contributed by atoms with Crippen molar-refractivity contribution >= 4 is 11.6 Å². The lowest BCUT2D eigenvalue weighted by Gasteiger charge is -2.07. The molecular formula is C18H25N3O3. The highest BCUT2D eigenvalue weighted by atomic mass is 16.5. The van der Waals surface area contributed by atoms with Gasteiger partial charge in [-0.25, -0.2) is 0 Å². The van der Waals surface area contributed by atoms with Crippen LogP contribution in [0, 0.1) is 18.3 Å². The molecule has 1 aromatic rings. The summed E-state index contributed by atoms with van der Waals surface area (Å²) in [7, 11) is 0. The summed E-state index contributed by atoms with van der Waals surface area (Å²) < 4.78 is 5.40. The Bertz CT molecular complexity index is 606. The summed E-state index contributed by atoms with van der Waals surface area (Å²) in [4.78, 5) is 11.9. The standard InChI is InChI=1S/C18H25N3O3/c1-3-4-9-24-10-5-8-20-18(23)15(12-19)13-21-16-11-14(2)6-7-17(16)22/h6-7,11,13,21-22H,3-5,8-10H2,1-2H3,(H,20,23)/b15-13-. The number of hydrogen-bond donors (Lipinski definition) is 3. The van der Waals surface area contributed by atoms with E-state index in [-0.39, 0.29) is 11.3 Å². The molecule has 24 heavy (non-hydrogen) atoms. The maximum Gasteiger partial charge on any atom is 0.263 e. The number of aryl methyl sites for hydroxylation is 1. The van der Waals surface area contributed by atoms with Gasteiger partial charge in [0.2, 0.25) is 0 Å². The van der Waals surface area contributed by atoms with Gasteiger partial charge in [0, 0.05) is 26.0 Å². The Labute approximate surface area is 143 Å². The number of nitrogens with zero attached hydrogens (tertiary/aromatic N) is 1. The van der Waals surface area contributed by atoms with E-state index in [1.807, 2.05) is 13.0 Å². The highest BCUT2D eigenvalue weighted by molar-refractivity contribution is 5.97. The summed E-state index contributed by atoms with van der Waals surface area (Å²) in [6.07, 6.45) is 4.11. The Morgan fingerprint density at radius 3 is 2.83 bits per heavy atom. The second kappa shape index (κ2) is 11.1. The normalized spacial score (nSPS) is 11.0. The number of hydrogen-bond acceptors (Lipinski definition) is 5. The number of nitriles is 1. The molecule has 0 radical (unpaired) electrons. The molecule has 1 rings (SSSR count). The number of anilines is 1. The van der Waals surface area contributed by atoms with E-state index in [0.717, 1.165) is 25.0 Å². The zero-order chi connectivity index (χ0) is 17.8. The molecule has 0 aromatic heterocycles. The van der Waals surface area contributed by atoms with Crippen molar-refractivity contribution in [3.05, 3.63) is 35.5 Å². The van der Waals surface area contributed by atoms with Crippen LogP contribution in [0.2, 0.25) is 0 Å². The van der Waals surface area contributed by atoms with Gasteiger partial charge >= 0.3 is 0 Å². The zero-order valence-electron chi connectivity index (χ0n) is 14.3. The molecule has 1 aromatic carbocycles. The molecule has 0 bridgehead atoms. The first-order valence-corrected chi connectivity index (χ1v) is 8.10. The molecule has 0 saturated carbocycles. The highest BCUT2D eigenvalue weighted by Crippen LogP contribution is 2.23. The molecule has 0 saturated heterocycles. The van der Waals surface area contributed by atoms with Crippen molar-refractivity contribution in [2.75, 3.05) is 25.1 Å². The van der Waals surface area contributed by atoms with E-state index < -0.39 is 5.91 Å². The Morgan fingerprint density at radius 1 is 1.38 bits per heavy atom. The summed E-state index contributed by atoms with van der Waals surface area (Å²) in [5.74, 6) is -0.399. The van der Waals surface area contributed by atoms with Crippen molar-refractivity contribution in [3.8, 4) is 11.8 Å². The number of aromatic hydroxyl groups is 1. The first-order valence-electron chi connectivity index (χ1n) is 8.10. The van der Waals surface area contributed by atoms with Crippen molar-refractivity contribution in [3.63, 3.8) is 0 Å². The van der Waals surface area contributed by atoms with Crippen LogP contribution in [0.1, 0.15) is 31.7 Å². The van der Waals surface area contributed by atoms with Crippen molar-refractivity contribution in [1.29, 1.82) is 5.26 Å². The fourth-order valence-corrected chi connectivity index (χ4v) is 1.88. The molecular weight excluding hydrogens is 306 g/mol. The molecule has 6 heteroatoms. The molecule has 0 fully saturated rings. The monoisotopic (exact) mass is 331 g/mol. The molecule has 0 aliphatic rings. The molecule has 130 valence electrons. The number of carbonyl (C=O) groups is 1. The first kappa shape index (κ1) is 19.5. The van der Waals surface area contributed by atoms with Gasteiger partial charge in [-0.1, -0.05) is 19.4 Å². The van der Waals surface area contributed by atoms with Gasteiger partial charge in [0.25, 0.3) is 5.91 Å². The minimum absolute atomic E-state index is 0.0530. The van der Waals surface area contributed by atoms with Gasteiger partial charge in [0.1, 0.15) is 17.4 Å². The molecule has 0 aliphatic carbocycles.